The standard InChI is InChI=1S/C14H10F4OS/c1-8-6-11(15)13(12(16)7-8)14(17,18)19-9-2-4-10(20)5-3-9/h2-7,20H,1H3. The molecule has 0 aliphatic rings. The molecule has 1 nitrogen and oxygen atoms in total. The molecule has 0 amide bonds. The van der Waals surface area contributed by atoms with Crippen LogP contribution in [0.15, 0.2) is 41.3 Å². The van der Waals surface area contributed by atoms with E-state index in [1.807, 2.05) is 0 Å². The molecule has 0 saturated heterocycles. The molecule has 0 N–H and O–H groups in total. The van der Waals surface area contributed by atoms with Crippen LogP contribution in [0.1, 0.15) is 11.1 Å². The minimum absolute atomic E-state index is 0.207. The molecule has 0 heterocycles. The summed E-state index contributed by atoms with van der Waals surface area (Å²) >= 11 is 3.99. The van der Waals surface area contributed by atoms with E-state index in [1.165, 1.54) is 31.2 Å². The number of aryl methyl sites for hydroxylation is 1. The Kier molecular flexibility index (Phi) is 3.94. The molecule has 2 aromatic carbocycles. The Morgan fingerprint density at radius 2 is 1.50 bits per heavy atom. The van der Waals surface area contributed by atoms with Gasteiger partial charge in [-0.05, 0) is 48.9 Å². The van der Waals surface area contributed by atoms with E-state index in [-0.39, 0.29) is 11.3 Å². The number of ether oxygens (including phenoxy) is 1. The fourth-order valence-corrected chi connectivity index (χ4v) is 1.84. The number of hydrogen-bond donors (Lipinski definition) is 1. The van der Waals surface area contributed by atoms with Crippen LogP contribution in [0.5, 0.6) is 5.75 Å². The van der Waals surface area contributed by atoms with E-state index in [9.17, 15) is 17.6 Å². The van der Waals surface area contributed by atoms with Gasteiger partial charge in [0.2, 0.25) is 0 Å². The zero-order valence-electron chi connectivity index (χ0n) is 10.3. The van der Waals surface area contributed by atoms with E-state index in [0.717, 1.165) is 12.1 Å². The third kappa shape index (κ3) is 3.07. The van der Waals surface area contributed by atoms with Gasteiger partial charge in [-0.1, -0.05) is 0 Å². The average molecular weight is 302 g/mol. The average Bonchev–Trinajstić information content (AvgIpc) is 2.30. The lowest BCUT2D eigenvalue weighted by atomic mass is 10.1. The topological polar surface area (TPSA) is 9.23 Å². The van der Waals surface area contributed by atoms with Crippen LogP contribution in [0, 0.1) is 18.6 Å². The Balaban J connectivity index is 2.37. The lowest BCUT2D eigenvalue weighted by Gasteiger charge is -2.19. The first-order valence-electron chi connectivity index (χ1n) is 5.61. The first-order chi connectivity index (χ1) is 9.29. The molecule has 0 bridgehead atoms. The van der Waals surface area contributed by atoms with Crippen molar-refractivity contribution in [3.63, 3.8) is 0 Å². The van der Waals surface area contributed by atoms with Crippen molar-refractivity contribution in [2.75, 3.05) is 0 Å². The summed E-state index contributed by atoms with van der Waals surface area (Å²) in [5, 5.41) is 0. The van der Waals surface area contributed by atoms with Gasteiger partial charge < -0.3 is 4.74 Å². The van der Waals surface area contributed by atoms with Crippen molar-refractivity contribution in [1.82, 2.24) is 0 Å². The Labute approximate surface area is 118 Å². The zero-order valence-corrected chi connectivity index (χ0v) is 11.2. The van der Waals surface area contributed by atoms with Gasteiger partial charge in [-0.2, -0.15) is 8.78 Å². The van der Waals surface area contributed by atoms with Gasteiger partial charge in [0, 0.05) is 4.90 Å². The van der Waals surface area contributed by atoms with E-state index in [4.69, 9.17) is 0 Å². The Morgan fingerprint density at radius 3 is 2.00 bits per heavy atom. The van der Waals surface area contributed by atoms with Gasteiger partial charge >= 0.3 is 6.11 Å². The molecule has 0 spiro atoms. The highest BCUT2D eigenvalue weighted by Gasteiger charge is 2.40. The summed E-state index contributed by atoms with van der Waals surface area (Å²) in [6.07, 6.45) is -4.11. The summed E-state index contributed by atoms with van der Waals surface area (Å²) in [4.78, 5) is 0.549. The predicted molar refractivity (Wildman–Crippen MR) is 69.3 cm³/mol. The van der Waals surface area contributed by atoms with Crippen molar-refractivity contribution in [3.8, 4) is 5.75 Å². The lowest BCUT2D eigenvalue weighted by molar-refractivity contribution is -0.189. The molecule has 0 aromatic heterocycles. The maximum atomic E-state index is 13.9. The SMILES string of the molecule is Cc1cc(F)c(C(F)(F)Oc2ccc(S)cc2)c(F)c1. The number of hydrogen-bond acceptors (Lipinski definition) is 2. The fraction of sp³-hybridized carbons (Fsp3) is 0.143. The maximum Gasteiger partial charge on any atom is 0.432 e. The van der Waals surface area contributed by atoms with Gasteiger partial charge in [0.1, 0.15) is 22.9 Å². The third-order valence-corrected chi connectivity index (χ3v) is 2.86. The Morgan fingerprint density at radius 1 is 1.00 bits per heavy atom. The molecule has 0 saturated carbocycles. The van der Waals surface area contributed by atoms with Crippen molar-refractivity contribution >= 4 is 12.6 Å². The van der Waals surface area contributed by atoms with Gasteiger partial charge in [0.05, 0.1) is 0 Å². The third-order valence-electron chi connectivity index (χ3n) is 2.56. The summed E-state index contributed by atoms with van der Waals surface area (Å²) in [6.45, 7) is 1.40. The molecule has 0 radical (unpaired) electrons. The van der Waals surface area contributed by atoms with Gasteiger partial charge in [-0.15, -0.1) is 12.6 Å². The smallest absolute Gasteiger partial charge is 0.429 e. The summed E-state index contributed by atoms with van der Waals surface area (Å²) in [5.74, 6) is -2.91. The molecule has 2 aromatic rings. The molecule has 0 unspecified atom stereocenters. The molecular formula is C14H10F4OS. The summed E-state index contributed by atoms with van der Waals surface area (Å²) in [7, 11) is 0. The first-order valence-corrected chi connectivity index (χ1v) is 6.06. The van der Waals surface area contributed by atoms with E-state index in [1.54, 1.807) is 0 Å². The normalized spacial score (nSPS) is 11.5. The van der Waals surface area contributed by atoms with Crippen LogP contribution in [0.4, 0.5) is 17.6 Å². The minimum atomic E-state index is -4.11. The van der Waals surface area contributed by atoms with Crippen LogP contribution in [0.2, 0.25) is 0 Å². The largest absolute Gasteiger partial charge is 0.432 e. The van der Waals surface area contributed by atoms with Crippen molar-refractivity contribution < 1.29 is 22.3 Å². The molecule has 0 fully saturated rings. The van der Waals surface area contributed by atoms with Crippen molar-refractivity contribution in [3.05, 3.63) is 59.2 Å². The number of alkyl halides is 2. The fourth-order valence-electron chi connectivity index (χ4n) is 1.69. The zero-order chi connectivity index (χ0) is 14.9. The van der Waals surface area contributed by atoms with Crippen LogP contribution < -0.4 is 4.74 Å². The Bertz CT molecular complexity index is 603. The Hall–Kier alpha value is -1.69. The summed E-state index contributed by atoms with van der Waals surface area (Å²) in [6, 6.07) is 6.98. The molecule has 2 rings (SSSR count). The van der Waals surface area contributed by atoms with E-state index in [2.05, 4.69) is 17.4 Å². The first kappa shape index (κ1) is 14.7. The van der Waals surface area contributed by atoms with Crippen LogP contribution in [0.3, 0.4) is 0 Å². The van der Waals surface area contributed by atoms with Gasteiger partial charge in [0.15, 0.2) is 0 Å². The highest BCUT2D eigenvalue weighted by molar-refractivity contribution is 7.80. The molecular weight excluding hydrogens is 292 g/mol. The van der Waals surface area contributed by atoms with Gasteiger partial charge in [-0.25, -0.2) is 8.78 Å². The highest BCUT2D eigenvalue weighted by atomic mass is 32.1. The number of benzene rings is 2. The van der Waals surface area contributed by atoms with Crippen molar-refractivity contribution in [2.45, 2.75) is 17.9 Å². The number of rotatable bonds is 3. The molecule has 106 valence electrons. The van der Waals surface area contributed by atoms with Crippen LogP contribution in [0.25, 0.3) is 0 Å². The molecule has 0 aliphatic heterocycles. The van der Waals surface area contributed by atoms with E-state index in [0.29, 0.717) is 4.90 Å². The maximum absolute atomic E-state index is 13.9. The number of thiol groups is 1. The number of halogens is 4. The quantitative estimate of drug-likeness (QED) is 0.639. The lowest BCUT2D eigenvalue weighted by Crippen LogP contribution is -2.25. The van der Waals surface area contributed by atoms with E-state index < -0.39 is 23.3 Å². The second-order valence-corrected chi connectivity index (χ2v) is 4.73. The summed E-state index contributed by atoms with van der Waals surface area (Å²) in [5.41, 5.74) is -1.20. The van der Waals surface area contributed by atoms with Crippen LogP contribution in [-0.4, -0.2) is 0 Å². The molecule has 0 aliphatic carbocycles. The van der Waals surface area contributed by atoms with Crippen molar-refractivity contribution in [2.24, 2.45) is 0 Å². The van der Waals surface area contributed by atoms with E-state index >= 15 is 0 Å². The summed E-state index contributed by atoms with van der Waals surface area (Å²) < 4.78 is 59.3. The molecule has 6 heteroatoms. The monoisotopic (exact) mass is 302 g/mol. The minimum Gasteiger partial charge on any atom is -0.429 e. The predicted octanol–water partition coefficient (Wildman–Crippen LogP) is 4.69. The van der Waals surface area contributed by atoms with Gasteiger partial charge in [-0.3, -0.25) is 0 Å². The van der Waals surface area contributed by atoms with Crippen molar-refractivity contribution in [1.29, 1.82) is 0 Å². The molecule has 0 atom stereocenters. The molecule has 20 heavy (non-hydrogen) atoms. The van der Waals surface area contributed by atoms with Crippen LogP contribution in [-0.2, 0) is 6.11 Å². The van der Waals surface area contributed by atoms with Crippen LogP contribution >= 0.6 is 12.6 Å². The highest BCUT2D eigenvalue weighted by Crippen LogP contribution is 2.35. The second-order valence-electron chi connectivity index (χ2n) is 4.22. The second kappa shape index (κ2) is 5.36. The van der Waals surface area contributed by atoms with Gasteiger partial charge in [0.25, 0.3) is 0 Å².